The van der Waals surface area contributed by atoms with Gasteiger partial charge in [0.25, 0.3) is 0 Å². The molecule has 414 valence electrons. The van der Waals surface area contributed by atoms with E-state index in [1.807, 2.05) is 0 Å². The van der Waals surface area contributed by atoms with E-state index in [-0.39, 0.29) is 0 Å². The van der Waals surface area contributed by atoms with Gasteiger partial charge in [0.15, 0.2) is 11.6 Å². The van der Waals surface area contributed by atoms with Crippen LogP contribution in [0.15, 0.2) is 328 Å². The van der Waals surface area contributed by atoms with Gasteiger partial charge in [-0.25, -0.2) is 9.97 Å². The molecule has 0 aliphatic carbocycles. The van der Waals surface area contributed by atoms with Crippen molar-refractivity contribution in [2.24, 2.45) is 0 Å². The topological polar surface area (TPSA) is 50.3 Å². The minimum absolute atomic E-state index is 0.652. The van der Waals surface area contributed by atoms with E-state index in [2.05, 4.69) is 356 Å². The molecule has 0 saturated heterocycles. The third-order valence-corrected chi connectivity index (χ3v) is 17.1. The molecule has 13 aromatic carbocycles. The lowest BCUT2D eigenvalue weighted by atomic mass is 10.1. The number of para-hydroxylation sites is 9. The minimum Gasteiger partial charge on any atom is -0.310 e. The van der Waals surface area contributed by atoms with Crippen molar-refractivity contribution in [1.82, 2.24) is 23.7 Å². The Labute approximate surface area is 508 Å². The molecule has 0 unspecified atom stereocenters. The minimum atomic E-state index is 0.652. The quantitative estimate of drug-likeness (QED) is 0.122. The zero-order valence-corrected chi connectivity index (χ0v) is 47.8. The van der Waals surface area contributed by atoms with Crippen LogP contribution in [0.1, 0.15) is 0 Å². The summed E-state index contributed by atoms with van der Waals surface area (Å²) >= 11 is 0. The molecule has 88 heavy (non-hydrogen) atoms. The molecule has 8 heteroatoms. The standard InChI is InChI=1S/C80H54N8/c1-7-25-55(26-8-1)83(61-44-48-76-68(51-61)65-37-19-22-40-73(65)86(76)58-31-13-4-14-32-58)64-43-47-71-72(54-64)82-80(85(57-29-11-3-12-30-57)63-46-50-78-70(53-63)67-39-21-24-42-75(67)88(78)60-35-17-6-18-36-60)79(81-71)84(56-27-9-2-10-28-56)62-45-49-77-69(52-62)66-38-20-23-41-74(66)87(77)59-33-15-5-16-34-59/h1-54H. The summed E-state index contributed by atoms with van der Waals surface area (Å²) in [5, 5.41) is 6.91. The van der Waals surface area contributed by atoms with Crippen LogP contribution in [0.25, 0.3) is 93.5 Å². The number of hydrogen-bond donors (Lipinski definition) is 0. The average molecular weight is 1130 g/mol. The second-order valence-corrected chi connectivity index (χ2v) is 22.2. The van der Waals surface area contributed by atoms with Gasteiger partial charge in [-0.2, -0.15) is 0 Å². The van der Waals surface area contributed by atoms with Gasteiger partial charge in [-0.3, -0.25) is 9.80 Å². The van der Waals surface area contributed by atoms with Crippen LogP contribution in [-0.2, 0) is 0 Å². The molecular formula is C80H54N8. The first-order valence-electron chi connectivity index (χ1n) is 29.8. The van der Waals surface area contributed by atoms with Gasteiger partial charge in [0.2, 0.25) is 0 Å². The first-order valence-corrected chi connectivity index (χ1v) is 29.8. The lowest BCUT2D eigenvalue weighted by Crippen LogP contribution is -2.20. The van der Waals surface area contributed by atoms with Crippen molar-refractivity contribution in [2.45, 2.75) is 0 Å². The van der Waals surface area contributed by atoms with Crippen LogP contribution in [0.3, 0.4) is 0 Å². The zero-order valence-electron chi connectivity index (χ0n) is 47.8. The average Bonchev–Trinajstić information content (AvgIpc) is 1.61. The molecule has 0 N–H and O–H groups in total. The van der Waals surface area contributed by atoms with Crippen LogP contribution >= 0.6 is 0 Å². The monoisotopic (exact) mass is 1130 g/mol. The second kappa shape index (κ2) is 21.0. The molecule has 0 bridgehead atoms. The molecular weight excluding hydrogens is 1070 g/mol. The summed E-state index contributed by atoms with van der Waals surface area (Å²) < 4.78 is 7.09. The third-order valence-electron chi connectivity index (χ3n) is 17.1. The Hall–Kier alpha value is -12.0. The summed E-state index contributed by atoms with van der Waals surface area (Å²) in [6, 6.07) is 117. The molecule has 0 spiro atoms. The Balaban J connectivity index is 0.921. The Morgan fingerprint density at radius 2 is 0.466 bits per heavy atom. The molecule has 17 rings (SSSR count). The van der Waals surface area contributed by atoms with E-state index in [9.17, 15) is 0 Å². The number of fused-ring (bicyclic) bond motifs is 10. The van der Waals surface area contributed by atoms with Crippen LogP contribution in [0.2, 0.25) is 0 Å². The first kappa shape index (κ1) is 50.5. The van der Waals surface area contributed by atoms with Crippen LogP contribution in [0.4, 0.5) is 51.4 Å². The van der Waals surface area contributed by atoms with Crippen LogP contribution in [-0.4, -0.2) is 23.7 Å². The van der Waals surface area contributed by atoms with Crippen molar-refractivity contribution < 1.29 is 0 Å². The van der Waals surface area contributed by atoms with Crippen LogP contribution in [0.5, 0.6) is 0 Å². The number of anilines is 9. The van der Waals surface area contributed by atoms with E-state index in [0.29, 0.717) is 11.6 Å². The SMILES string of the molecule is c1ccc(N(c2ccc3nc(N(c4ccccc4)c4ccc5c(c4)c4ccccc4n5-c4ccccc4)c(N(c4ccccc4)c4ccc5c(c4)c4ccccc4n5-c4ccccc4)nc3c2)c2ccc3c(c2)c2ccccc2n3-c2ccccc2)cc1. The van der Waals surface area contributed by atoms with E-state index in [0.717, 1.165) is 128 Å². The summed E-state index contributed by atoms with van der Waals surface area (Å²) in [6.45, 7) is 0. The van der Waals surface area contributed by atoms with E-state index in [1.54, 1.807) is 0 Å². The highest BCUT2D eigenvalue weighted by Gasteiger charge is 2.29. The van der Waals surface area contributed by atoms with Gasteiger partial charge in [0.1, 0.15) is 0 Å². The zero-order chi connectivity index (χ0) is 58.1. The van der Waals surface area contributed by atoms with Crippen molar-refractivity contribution >= 4 is 128 Å². The van der Waals surface area contributed by atoms with Gasteiger partial charge >= 0.3 is 0 Å². The molecule has 0 aliphatic heterocycles. The highest BCUT2D eigenvalue weighted by Crippen LogP contribution is 2.48. The molecule has 0 aliphatic rings. The molecule has 0 saturated carbocycles. The summed E-state index contributed by atoms with van der Waals surface area (Å²) in [5.41, 5.74) is 18.3. The smallest absolute Gasteiger partial charge is 0.182 e. The van der Waals surface area contributed by atoms with Crippen molar-refractivity contribution in [2.75, 3.05) is 14.7 Å². The predicted molar refractivity (Wildman–Crippen MR) is 367 cm³/mol. The largest absolute Gasteiger partial charge is 0.310 e. The van der Waals surface area contributed by atoms with Gasteiger partial charge in [0, 0.05) is 89.2 Å². The number of aromatic nitrogens is 5. The molecule has 8 nitrogen and oxygen atoms in total. The molecule has 4 aromatic heterocycles. The van der Waals surface area contributed by atoms with Gasteiger partial charge < -0.3 is 18.6 Å². The summed E-state index contributed by atoms with van der Waals surface area (Å²) in [4.78, 5) is 18.8. The fourth-order valence-corrected chi connectivity index (χ4v) is 13.3. The van der Waals surface area contributed by atoms with Gasteiger partial charge in [-0.15, -0.1) is 0 Å². The normalized spacial score (nSPS) is 11.6. The molecule has 0 fully saturated rings. The van der Waals surface area contributed by atoms with Gasteiger partial charge in [-0.05, 0) is 164 Å². The molecule has 0 amide bonds. The lowest BCUT2D eigenvalue weighted by molar-refractivity contribution is 1.12. The Kier molecular flexibility index (Phi) is 12.0. The summed E-state index contributed by atoms with van der Waals surface area (Å²) in [6.07, 6.45) is 0. The van der Waals surface area contributed by atoms with E-state index in [4.69, 9.17) is 9.97 Å². The number of benzene rings is 13. The molecule has 17 aromatic rings. The van der Waals surface area contributed by atoms with E-state index < -0.39 is 0 Å². The molecule has 0 radical (unpaired) electrons. The maximum absolute atomic E-state index is 5.99. The fraction of sp³-hybridized carbons (Fsp3) is 0. The Morgan fingerprint density at radius 3 is 0.841 bits per heavy atom. The highest BCUT2D eigenvalue weighted by atomic mass is 15.3. The van der Waals surface area contributed by atoms with Crippen molar-refractivity contribution in [3.05, 3.63) is 328 Å². The first-order chi connectivity index (χ1) is 43.7. The van der Waals surface area contributed by atoms with Crippen LogP contribution < -0.4 is 14.7 Å². The summed E-state index contributed by atoms with van der Waals surface area (Å²) in [5.74, 6) is 1.31. The Bertz CT molecular complexity index is 5450. The maximum atomic E-state index is 5.99. The van der Waals surface area contributed by atoms with Crippen molar-refractivity contribution in [3.8, 4) is 17.1 Å². The lowest BCUT2D eigenvalue weighted by Gasteiger charge is -2.32. The number of hydrogen-bond acceptors (Lipinski definition) is 5. The Morgan fingerprint density at radius 1 is 0.193 bits per heavy atom. The maximum Gasteiger partial charge on any atom is 0.182 e. The van der Waals surface area contributed by atoms with Crippen molar-refractivity contribution in [3.63, 3.8) is 0 Å². The number of nitrogens with zero attached hydrogens (tertiary/aromatic N) is 8. The third kappa shape index (κ3) is 8.37. The number of rotatable bonds is 12. The second-order valence-electron chi connectivity index (χ2n) is 22.2. The molecule has 4 heterocycles. The fourth-order valence-electron chi connectivity index (χ4n) is 13.3. The predicted octanol–water partition coefficient (Wildman–Crippen LogP) is 21.3. The van der Waals surface area contributed by atoms with Crippen LogP contribution in [0, 0.1) is 0 Å². The van der Waals surface area contributed by atoms with Crippen molar-refractivity contribution in [1.29, 1.82) is 0 Å². The van der Waals surface area contributed by atoms with E-state index in [1.165, 1.54) is 5.39 Å². The van der Waals surface area contributed by atoms with Gasteiger partial charge in [0.05, 0.1) is 44.1 Å². The highest BCUT2D eigenvalue weighted by molar-refractivity contribution is 6.14. The summed E-state index contributed by atoms with van der Waals surface area (Å²) in [7, 11) is 0. The van der Waals surface area contributed by atoms with Gasteiger partial charge in [-0.1, -0.05) is 164 Å². The van der Waals surface area contributed by atoms with E-state index >= 15 is 0 Å². The molecule has 0 atom stereocenters.